The van der Waals surface area contributed by atoms with Crippen molar-refractivity contribution in [3.8, 4) is 5.75 Å². The average molecular weight is 283 g/mol. The molecule has 0 spiro atoms. The number of halogens is 1. The van der Waals surface area contributed by atoms with Gasteiger partial charge in [0, 0.05) is 12.0 Å². The number of hydrogen-bond acceptors (Lipinski definition) is 2. The van der Waals surface area contributed by atoms with E-state index < -0.39 is 0 Å². The standard InChI is InChI=1S/C18H18FNO/c19-12-4-1-3-11(9-12)17-15-5-2-8-20-18(15)14-7-6-13(21)10-16(14)17/h1,3-4,6-7,9-10,15,17-18,20-21H,2,5,8H2. The fourth-order valence-electron chi connectivity index (χ4n) is 4.09. The van der Waals surface area contributed by atoms with Crippen LogP contribution in [-0.2, 0) is 0 Å². The van der Waals surface area contributed by atoms with Crippen molar-refractivity contribution in [1.29, 1.82) is 0 Å². The lowest BCUT2D eigenvalue weighted by Gasteiger charge is -2.31. The second-order valence-electron chi connectivity index (χ2n) is 6.08. The molecule has 0 aromatic heterocycles. The molecule has 3 heteroatoms. The highest BCUT2D eigenvalue weighted by Gasteiger charge is 2.42. The first-order valence-electron chi connectivity index (χ1n) is 7.56. The minimum Gasteiger partial charge on any atom is -0.508 e. The first-order chi connectivity index (χ1) is 10.2. The number of rotatable bonds is 1. The molecular weight excluding hydrogens is 265 g/mol. The molecule has 21 heavy (non-hydrogen) atoms. The fourth-order valence-corrected chi connectivity index (χ4v) is 4.09. The summed E-state index contributed by atoms with van der Waals surface area (Å²) in [7, 11) is 0. The predicted molar refractivity (Wildman–Crippen MR) is 79.8 cm³/mol. The average Bonchev–Trinajstić information content (AvgIpc) is 2.80. The van der Waals surface area contributed by atoms with Gasteiger partial charge in [0.05, 0.1) is 0 Å². The normalized spacial score (nSPS) is 27.2. The molecule has 2 aromatic carbocycles. The first kappa shape index (κ1) is 12.8. The third-order valence-corrected chi connectivity index (χ3v) is 4.88. The number of benzene rings is 2. The molecule has 3 atom stereocenters. The molecule has 1 heterocycles. The first-order valence-corrected chi connectivity index (χ1v) is 7.56. The van der Waals surface area contributed by atoms with Crippen molar-refractivity contribution < 1.29 is 9.50 Å². The maximum Gasteiger partial charge on any atom is 0.123 e. The SMILES string of the molecule is Oc1ccc2c(c1)C(c1cccc(F)c1)C1CCCNC21. The molecule has 4 rings (SSSR count). The van der Waals surface area contributed by atoms with Crippen molar-refractivity contribution in [1.82, 2.24) is 5.32 Å². The lowest BCUT2D eigenvalue weighted by atomic mass is 9.80. The molecular formula is C18H18FNO. The highest BCUT2D eigenvalue weighted by atomic mass is 19.1. The van der Waals surface area contributed by atoms with Crippen LogP contribution in [0.15, 0.2) is 42.5 Å². The van der Waals surface area contributed by atoms with Gasteiger partial charge in [0.25, 0.3) is 0 Å². The highest BCUT2D eigenvalue weighted by Crippen LogP contribution is 2.52. The van der Waals surface area contributed by atoms with Crippen LogP contribution in [0.25, 0.3) is 0 Å². The third-order valence-electron chi connectivity index (χ3n) is 4.88. The Morgan fingerprint density at radius 1 is 1.10 bits per heavy atom. The van der Waals surface area contributed by atoms with Crippen LogP contribution in [-0.4, -0.2) is 11.7 Å². The molecule has 2 aromatic rings. The number of hydrogen-bond donors (Lipinski definition) is 2. The zero-order valence-electron chi connectivity index (χ0n) is 11.7. The molecule has 0 radical (unpaired) electrons. The summed E-state index contributed by atoms with van der Waals surface area (Å²) >= 11 is 0. The Kier molecular flexibility index (Phi) is 2.96. The summed E-state index contributed by atoms with van der Waals surface area (Å²) in [6.45, 7) is 1.03. The number of phenols is 1. The van der Waals surface area contributed by atoms with Gasteiger partial charge in [-0.1, -0.05) is 18.2 Å². The van der Waals surface area contributed by atoms with E-state index in [0.717, 1.165) is 30.5 Å². The minimum atomic E-state index is -0.193. The van der Waals surface area contributed by atoms with E-state index in [-0.39, 0.29) is 17.5 Å². The zero-order valence-corrected chi connectivity index (χ0v) is 11.7. The highest BCUT2D eigenvalue weighted by molar-refractivity contribution is 5.49. The molecule has 2 N–H and O–H groups in total. The molecule has 108 valence electrons. The van der Waals surface area contributed by atoms with Gasteiger partial charge in [-0.3, -0.25) is 0 Å². The predicted octanol–water partition coefficient (Wildman–Crippen LogP) is 3.72. The van der Waals surface area contributed by atoms with E-state index in [1.165, 1.54) is 11.6 Å². The van der Waals surface area contributed by atoms with Gasteiger partial charge in [0.1, 0.15) is 11.6 Å². The lowest BCUT2D eigenvalue weighted by Crippen LogP contribution is -2.32. The quantitative estimate of drug-likeness (QED) is 0.836. The maximum absolute atomic E-state index is 13.6. The molecule has 1 aliphatic carbocycles. The van der Waals surface area contributed by atoms with Crippen LogP contribution in [0.4, 0.5) is 4.39 Å². The second kappa shape index (κ2) is 4.85. The topological polar surface area (TPSA) is 32.3 Å². The van der Waals surface area contributed by atoms with Crippen molar-refractivity contribution >= 4 is 0 Å². The van der Waals surface area contributed by atoms with Gasteiger partial charge < -0.3 is 10.4 Å². The van der Waals surface area contributed by atoms with Crippen molar-refractivity contribution in [3.63, 3.8) is 0 Å². The van der Waals surface area contributed by atoms with Gasteiger partial charge in [-0.2, -0.15) is 0 Å². The van der Waals surface area contributed by atoms with Gasteiger partial charge >= 0.3 is 0 Å². The Labute approximate surface area is 123 Å². The second-order valence-corrected chi connectivity index (χ2v) is 6.08. The van der Waals surface area contributed by atoms with Crippen molar-refractivity contribution in [2.24, 2.45) is 5.92 Å². The third kappa shape index (κ3) is 2.04. The molecule has 0 amide bonds. The molecule has 3 unspecified atom stereocenters. The molecule has 0 bridgehead atoms. The summed E-state index contributed by atoms with van der Waals surface area (Å²) in [4.78, 5) is 0. The van der Waals surface area contributed by atoms with Crippen LogP contribution < -0.4 is 5.32 Å². The summed E-state index contributed by atoms with van der Waals surface area (Å²) in [5.41, 5.74) is 3.41. The molecule has 0 saturated carbocycles. The smallest absolute Gasteiger partial charge is 0.123 e. The van der Waals surface area contributed by atoms with Crippen molar-refractivity contribution in [2.75, 3.05) is 6.54 Å². The Balaban J connectivity index is 1.87. The Morgan fingerprint density at radius 2 is 2.00 bits per heavy atom. The largest absolute Gasteiger partial charge is 0.508 e. The minimum absolute atomic E-state index is 0.167. The fraction of sp³-hybridized carbons (Fsp3) is 0.333. The zero-order chi connectivity index (χ0) is 14.4. The number of nitrogens with one attached hydrogen (secondary N) is 1. The van der Waals surface area contributed by atoms with Crippen LogP contribution in [0.3, 0.4) is 0 Å². The summed E-state index contributed by atoms with van der Waals surface area (Å²) in [5.74, 6) is 0.702. The molecule has 1 saturated heterocycles. The van der Waals surface area contributed by atoms with E-state index in [1.807, 2.05) is 18.2 Å². The Hall–Kier alpha value is -1.87. The van der Waals surface area contributed by atoms with E-state index in [0.29, 0.717) is 12.0 Å². The van der Waals surface area contributed by atoms with E-state index >= 15 is 0 Å². The van der Waals surface area contributed by atoms with E-state index in [1.54, 1.807) is 18.2 Å². The van der Waals surface area contributed by atoms with Crippen LogP contribution in [0, 0.1) is 11.7 Å². The monoisotopic (exact) mass is 283 g/mol. The van der Waals surface area contributed by atoms with Gasteiger partial charge in [-0.25, -0.2) is 4.39 Å². The van der Waals surface area contributed by atoms with E-state index in [2.05, 4.69) is 5.32 Å². The van der Waals surface area contributed by atoms with E-state index in [9.17, 15) is 9.50 Å². The van der Waals surface area contributed by atoms with Gasteiger partial charge in [-0.15, -0.1) is 0 Å². The van der Waals surface area contributed by atoms with Crippen LogP contribution >= 0.6 is 0 Å². The van der Waals surface area contributed by atoms with Crippen molar-refractivity contribution in [2.45, 2.75) is 24.8 Å². The lowest BCUT2D eigenvalue weighted by molar-refractivity contribution is 0.286. The van der Waals surface area contributed by atoms with Crippen LogP contribution in [0.1, 0.15) is 41.5 Å². The van der Waals surface area contributed by atoms with Gasteiger partial charge in [0.2, 0.25) is 0 Å². The van der Waals surface area contributed by atoms with E-state index in [4.69, 9.17) is 0 Å². The Bertz CT molecular complexity index is 685. The molecule has 2 aliphatic rings. The van der Waals surface area contributed by atoms with Crippen molar-refractivity contribution in [3.05, 3.63) is 65.0 Å². The van der Waals surface area contributed by atoms with Gasteiger partial charge in [0.15, 0.2) is 0 Å². The number of phenolic OH excluding ortho intramolecular Hbond substituents is 1. The summed E-state index contributed by atoms with van der Waals surface area (Å²) in [6.07, 6.45) is 2.28. The number of piperidine rings is 1. The maximum atomic E-state index is 13.6. The number of fused-ring (bicyclic) bond motifs is 3. The Morgan fingerprint density at radius 3 is 2.86 bits per heavy atom. The summed E-state index contributed by atoms with van der Waals surface area (Å²) in [6, 6.07) is 12.8. The number of aromatic hydroxyl groups is 1. The molecule has 1 fully saturated rings. The van der Waals surface area contributed by atoms with Gasteiger partial charge in [-0.05, 0) is 66.3 Å². The molecule has 1 aliphatic heterocycles. The van der Waals surface area contributed by atoms with Crippen LogP contribution in [0.5, 0.6) is 5.75 Å². The van der Waals surface area contributed by atoms with Crippen LogP contribution in [0.2, 0.25) is 0 Å². The molecule has 2 nitrogen and oxygen atoms in total. The summed E-state index contributed by atoms with van der Waals surface area (Å²) in [5, 5.41) is 13.5. The summed E-state index contributed by atoms with van der Waals surface area (Å²) < 4.78 is 13.6.